The van der Waals surface area contributed by atoms with E-state index in [4.69, 9.17) is 0 Å². The van der Waals surface area contributed by atoms with Crippen molar-refractivity contribution in [2.24, 2.45) is 0 Å². The van der Waals surface area contributed by atoms with Crippen LogP contribution in [0.25, 0.3) is 0 Å². The van der Waals surface area contributed by atoms with E-state index < -0.39 is 17.1 Å². The van der Waals surface area contributed by atoms with Crippen molar-refractivity contribution in [3.8, 4) is 0 Å². The van der Waals surface area contributed by atoms with Gasteiger partial charge in [0.05, 0.1) is 0 Å². The van der Waals surface area contributed by atoms with Crippen LogP contribution in [-0.2, 0) is 34.0 Å². The van der Waals surface area contributed by atoms with Crippen LogP contribution in [0.15, 0.2) is 52.3 Å². The number of aromatic nitrogens is 3. The van der Waals surface area contributed by atoms with Gasteiger partial charge in [0.1, 0.15) is 0 Å². The first-order valence-electron chi connectivity index (χ1n) is 8.17. The molecule has 0 aliphatic rings. The van der Waals surface area contributed by atoms with Gasteiger partial charge >= 0.3 is 17.1 Å². The molecule has 9 heteroatoms. The topological polar surface area (TPSA) is 117 Å². The fourth-order valence-corrected chi connectivity index (χ4v) is 2.23. The Bertz CT molecular complexity index is 807. The molecule has 0 saturated heterocycles. The molecule has 27 heavy (non-hydrogen) atoms. The van der Waals surface area contributed by atoms with E-state index in [1.807, 2.05) is 0 Å². The average Bonchev–Trinajstić information content (AvgIpc) is 2.66. The second-order valence-corrected chi connectivity index (χ2v) is 5.56. The Morgan fingerprint density at radius 3 is 1.00 bits per heavy atom. The van der Waals surface area contributed by atoms with Crippen LogP contribution >= 0.6 is 0 Å². The summed E-state index contributed by atoms with van der Waals surface area (Å²) < 4.78 is 2.21. The highest BCUT2D eigenvalue weighted by atomic mass is 16.2. The molecule has 0 spiro atoms. The molecule has 0 bridgehead atoms. The minimum absolute atomic E-state index is 0.159. The first-order chi connectivity index (χ1) is 12.8. The third-order valence-electron chi connectivity index (χ3n) is 3.81. The van der Waals surface area contributed by atoms with E-state index in [0.29, 0.717) is 0 Å². The molecule has 1 aromatic heterocycles. The summed E-state index contributed by atoms with van der Waals surface area (Å²) in [6.45, 7) is 9.17. The first kappa shape index (κ1) is 21.7. The summed E-state index contributed by atoms with van der Waals surface area (Å²) in [7, 11) is 0. The molecule has 0 radical (unpaired) electrons. The normalized spacial score (nSPS) is 10.2. The molecule has 1 heterocycles. The van der Waals surface area contributed by atoms with Crippen LogP contribution in [0, 0.1) is 0 Å². The Morgan fingerprint density at radius 2 is 0.815 bits per heavy atom. The third kappa shape index (κ3) is 5.56. The summed E-state index contributed by atoms with van der Waals surface area (Å²) in [6, 6.07) is 0. The van der Waals surface area contributed by atoms with Gasteiger partial charge in [0.15, 0.2) is 17.3 Å². The van der Waals surface area contributed by atoms with Gasteiger partial charge in [-0.2, -0.15) is 0 Å². The molecule has 1 rings (SSSR count). The molecule has 0 aliphatic carbocycles. The summed E-state index contributed by atoms with van der Waals surface area (Å²) in [6.07, 6.45) is 2.71. The molecular formula is C18H21N3O6. The van der Waals surface area contributed by atoms with Gasteiger partial charge in [-0.25, -0.2) is 28.1 Å². The molecule has 0 N–H and O–H groups in total. The maximum atomic E-state index is 12.5. The number of carbonyl (C=O) groups is 3. The fraction of sp³-hybridized carbons (Fsp3) is 0.333. The number of hydrogen-bond donors (Lipinski definition) is 0. The molecular weight excluding hydrogens is 354 g/mol. The SMILES string of the molecule is C=CC(=O)CCn1c(=O)n(CCC(=O)C=C)c(=O)n(CCC(=O)C=C)c1=O. The summed E-state index contributed by atoms with van der Waals surface area (Å²) >= 11 is 0. The van der Waals surface area contributed by atoms with E-state index in [9.17, 15) is 28.8 Å². The van der Waals surface area contributed by atoms with Crippen LogP contribution in [0.1, 0.15) is 19.3 Å². The van der Waals surface area contributed by atoms with Crippen molar-refractivity contribution in [2.75, 3.05) is 0 Å². The van der Waals surface area contributed by atoms with E-state index in [0.717, 1.165) is 31.9 Å². The zero-order valence-electron chi connectivity index (χ0n) is 14.9. The second kappa shape index (κ2) is 9.95. The molecule has 0 saturated carbocycles. The van der Waals surface area contributed by atoms with Gasteiger partial charge in [0, 0.05) is 38.9 Å². The number of allylic oxidation sites excluding steroid dienone is 3. The molecule has 1 aromatic rings. The summed E-state index contributed by atoms with van der Waals surface area (Å²) in [5, 5.41) is 0. The van der Waals surface area contributed by atoms with E-state index in [1.165, 1.54) is 0 Å². The monoisotopic (exact) mass is 375 g/mol. The lowest BCUT2D eigenvalue weighted by Gasteiger charge is -2.13. The summed E-state index contributed by atoms with van der Waals surface area (Å²) in [5.41, 5.74) is -2.78. The van der Waals surface area contributed by atoms with Crippen molar-refractivity contribution in [1.82, 2.24) is 13.7 Å². The van der Waals surface area contributed by atoms with Gasteiger partial charge in [-0.3, -0.25) is 14.4 Å². The van der Waals surface area contributed by atoms with Crippen molar-refractivity contribution in [1.29, 1.82) is 0 Å². The Hall–Kier alpha value is -3.36. The fourth-order valence-electron chi connectivity index (χ4n) is 2.23. The van der Waals surface area contributed by atoms with Crippen molar-refractivity contribution in [3.05, 3.63) is 69.4 Å². The Labute approximate surface area is 154 Å². The van der Waals surface area contributed by atoms with Crippen LogP contribution in [0.3, 0.4) is 0 Å². The lowest BCUT2D eigenvalue weighted by atomic mass is 10.2. The van der Waals surface area contributed by atoms with E-state index >= 15 is 0 Å². The molecule has 0 fully saturated rings. The Kier molecular flexibility index (Phi) is 7.99. The van der Waals surface area contributed by atoms with E-state index in [-0.39, 0.29) is 56.2 Å². The first-order valence-corrected chi connectivity index (χ1v) is 8.17. The third-order valence-corrected chi connectivity index (χ3v) is 3.81. The summed E-state index contributed by atoms with van der Waals surface area (Å²) in [4.78, 5) is 71.8. The second-order valence-electron chi connectivity index (χ2n) is 5.56. The van der Waals surface area contributed by atoms with Gasteiger partial charge in [-0.1, -0.05) is 19.7 Å². The largest absolute Gasteiger partial charge is 0.336 e. The van der Waals surface area contributed by atoms with Crippen LogP contribution in [0.5, 0.6) is 0 Å². The van der Waals surface area contributed by atoms with Crippen LogP contribution in [0.4, 0.5) is 0 Å². The average molecular weight is 375 g/mol. The molecule has 0 unspecified atom stereocenters. The maximum Gasteiger partial charge on any atom is 0.336 e. The number of hydrogen-bond acceptors (Lipinski definition) is 6. The van der Waals surface area contributed by atoms with E-state index in [1.54, 1.807) is 0 Å². The minimum Gasteiger partial charge on any atom is -0.295 e. The van der Waals surface area contributed by atoms with Crippen molar-refractivity contribution in [3.63, 3.8) is 0 Å². The predicted molar refractivity (Wildman–Crippen MR) is 98.7 cm³/mol. The van der Waals surface area contributed by atoms with Crippen molar-refractivity contribution in [2.45, 2.75) is 38.9 Å². The molecule has 0 aromatic carbocycles. The standard InChI is InChI=1S/C18H21N3O6/c1-4-13(22)7-10-19-16(25)20(11-8-14(23)5-2)18(27)21(17(19)26)12-9-15(24)6-3/h4-6H,1-3,7-12H2. The van der Waals surface area contributed by atoms with E-state index in [2.05, 4.69) is 19.7 Å². The highest BCUT2D eigenvalue weighted by Gasteiger charge is 2.17. The van der Waals surface area contributed by atoms with Gasteiger partial charge < -0.3 is 0 Å². The van der Waals surface area contributed by atoms with Crippen LogP contribution in [0.2, 0.25) is 0 Å². The highest BCUT2D eigenvalue weighted by molar-refractivity contribution is 5.89. The Morgan fingerprint density at radius 1 is 0.593 bits per heavy atom. The zero-order chi connectivity index (χ0) is 20.6. The van der Waals surface area contributed by atoms with Gasteiger partial charge in [0.25, 0.3) is 0 Å². The van der Waals surface area contributed by atoms with Gasteiger partial charge in [-0.05, 0) is 18.2 Å². The number of rotatable bonds is 12. The quantitative estimate of drug-likeness (QED) is 0.459. The molecule has 144 valence electrons. The van der Waals surface area contributed by atoms with Gasteiger partial charge in [0.2, 0.25) is 0 Å². The smallest absolute Gasteiger partial charge is 0.295 e. The van der Waals surface area contributed by atoms with Crippen LogP contribution in [-0.4, -0.2) is 31.1 Å². The zero-order valence-corrected chi connectivity index (χ0v) is 14.9. The molecule has 0 aliphatic heterocycles. The van der Waals surface area contributed by atoms with Crippen molar-refractivity contribution < 1.29 is 14.4 Å². The minimum atomic E-state index is -0.926. The lowest BCUT2D eigenvalue weighted by molar-refractivity contribution is -0.115. The molecule has 0 atom stereocenters. The number of ketones is 3. The number of nitrogens with zero attached hydrogens (tertiary/aromatic N) is 3. The predicted octanol–water partition coefficient (Wildman–Crippen LogP) is -0.393. The van der Waals surface area contributed by atoms with Gasteiger partial charge in [-0.15, -0.1) is 0 Å². The van der Waals surface area contributed by atoms with Crippen molar-refractivity contribution >= 4 is 17.3 Å². The molecule has 9 nitrogen and oxygen atoms in total. The highest BCUT2D eigenvalue weighted by Crippen LogP contribution is 1.92. The molecule has 0 amide bonds. The summed E-state index contributed by atoms with van der Waals surface area (Å²) in [5.74, 6) is -1.14. The maximum absolute atomic E-state index is 12.5. The lowest BCUT2D eigenvalue weighted by Crippen LogP contribution is -2.55. The number of carbonyl (C=O) groups excluding carboxylic acids is 3. The Balaban J connectivity index is 3.44. The van der Waals surface area contributed by atoms with Crippen LogP contribution < -0.4 is 17.1 Å².